The van der Waals surface area contributed by atoms with Crippen molar-refractivity contribution in [3.8, 4) is 23.1 Å². The molecule has 2 aromatic carbocycles. The van der Waals surface area contributed by atoms with Crippen molar-refractivity contribution in [2.24, 2.45) is 5.92 Å². The fourth-order valence-corrected chi connectivity index (χ4v) is 3.14. The maximum Gasteiger partial charge on any atom is 0.336 e. The van der Waals surface area contributed by atoms with E-state index < -0.39 is 0 Å². The average Bonchev–Trinajstić information content (AvgIpc) is 3.17. The summed E-state index contributed by atoms with van der Waals surface area (Å²) in [6.07, 6.45) is 2.37. The molecule has 0 unspecified atom stereocenters. The highest BCUT2D eigenvalue weighted by Gasteiger charge is 2.16. The maximum atomic E-state index is 12.0. The number of rotatable bonds is 9. The van der Waals surface area contributed by atoms with Crippen molar-refractivity contribution in [1.29, 1.82) is 0 Å². The number of aromatic nitrogens is 3. The highest BCUT2D eigenvalue weighted by Crippen LogP contribution is 2.30. The fourth-order valence-electron chi connectivity index (χ4n) is 2.84. The molecule has 1 amide bonds. The van der Waals surface area contributed by atoms with Gasteiger partial charge in [-0.25, -0.2) is 4.68 Å². The normalized spacial score (nSPS) is 11.0. The van der Waals surface area contributed by atoms with E-state index in [0.29, 0.717) is 34.8 Å². The van der Waals surface area contributed by atoms with Gasteiger partial charge >= 0.3 is 6.01 Å². The number of carbonyl (C=O) groups excluding carboxylic acids is 1. The molecule has 0 fully saturated rings. The van der Waals surface area contributed by atoms with Gasteiger partial charge in [-0.15, -0.1) is 5.10 Å². The average molecular weight is 461 g/mol. The maximum absolute atomic E-state index is 12.0. The molecular weight excluding hydrogens is 435 g/mol. The summed E-state index contributed by atoms with van der Waals surface area (Å²) in [6.45, 7) is 6.69. The Hall–Kier alpha value is -2.57. The molecule has 1 N–H and O–H groups in total. The summed E-state index contributed by atoms with van der Waals surface area (Å²) in [7, 11) is 0. The molecule has 6 nitrogen and oxygen atoms in total. The Bertz CT molecular complexity index is 1030. The zero-order valence-electron chi connectivity index (χ0n) is 17.9. The van der Waals surface area contributed by atoms with Crippen LogP contribution in [0, 0.1) is 5.92 Å². The van der Waals surface area contributed by atoms with Gasteiger partial charge in [0, 0.05) is 17.7 Å². The first kappa shape index (κ1) is 23.1. The van der Waals surface area contributed by atoms with E-state index in [1.807, 2.05) is 30.3 Å². The minimum absolute atomic E-state index is 0.0104. The minimum atomic E-state index is 0.0104. The predicted octanol–water partition coefficient (Wildman–Crippen LogP) is 6.40. The summed E-state index contributed by atoms with van der Waals surface area (Å²) in [4.78, 5) is 16.5. The molecule has 8 heteroatoms. The van der Waals surface area contributed by atoms with Gasteiger partial charge in [-0.2, -0.15) is 4.98 Å². The second kappa shape index (κ2) is 10.6. The van der Waals surface area contributed by atoms with Crippen LogP contribution < -0.4 is 10.1 Å². The van der Waals surface area contributed by atoms with Crippen LogP contribution in [0.4, 0.5) is 5.69 Å². The Morgan fingerprint density at radius 1 is 1.13 bits per heavy atom. The molecule has 164 valence electrons. The van der Waals surface area contributed by atoms with Gasteiger partial charge in [0.05, 0.1) is 22.3 Å². The van der Waals surface area contributed by atoms with E-state index in [9.17, 15) is 4.79 Å². The summed E-state index contributed by atoms with van der Waals surface area (Å²) >= 11 is 12.3. The van der Waals surface area contributed by atoms with Gasteiger partial charge in [-0.3, -0.25) is 4.79 Å². The van der Waals surface area contributed by atoms with Gasteiger partial charge in [-0.1, -0.05) is 50.4 Å². The number of hydrogen-bond donors (Lipinski definition) is 1. The molecule has 0 saturated carbocycles. The summed E-state index contributed by atoms with van der Waals surface area (Å²) in [5.41, 5.74) is 2.27. The molecule has 3 rings (SSSR count). The van der Waals surface area contributed by atoms with Crippen molar-refractivity contribution < 1.29 is 9.53 Å². The fraction of sp³-hybridized carbons (Fsp3) is 0.348. The Morgan fingerprint density at radius 3 is 2.52 bits per heavy atom. The van der Waals surface area contributed by atoms with Crippen molar-refractivity contribution in [3.05, 3.63) is 52.5 Å². The van der Waals surface area contributed by atoms with E-state index in [1.165, 1.54) is 0 Å². The molecule has 0 aliphatic rings. The molecule has 0 spiro atoms. The third-order valence-electron chi connectivity index (χ3n) is 4.46. The monoisotopic (exact) mass is 460 g/mol. The lowest BCUT2D eigenvalue weighted by atomic mass is 10.2. The Balaban J connectivity index is 1.91. The zero-order valence-corrected chi connectivity index (χ0v) is 19.4. The Labute approximate surface area is 192 Å². The number of halogens is 2. The van der Waals surface area contributed by atoms with Crippen LogP contribution in [-0.2, 0) is 4.79 Å². The zero-order chi connectivity index (χ0) is 22.4. The number of hydrogen-bond acceptors (Lipinski definition) is 4. The van der Waals surface area contributed by atoms with Crippen molar-refractivity contribution in [2.75, 3.05) is 11.9 Å². The molecule has 0 bridgehead atoms. The van der Waals surface area contributed by atoms with Crippen LogP contribution in [0.15, 0.2) is 42.5 Å². The highest BCUT2D eigenvalue weighted by molar-refractivity contribution is 6.42. The molecule has 0 saturated heterocycles. The van der Waals surface area contributed by atoms with Crippen LogP contribution >= 0.6 is 23.2 Å². The lowest BCUT2D eigenvalue weighted by Crippen LogP contribution is -2.11. The van der Waals surface area contributed by atoms with E-state index in [-0.39, 0.29) is 11.9 Å². The van der Waals surface area contributed by atoms with Crippen LogP contribution in [0.5, 0.6) is 6.01 Å². The SMILES string of the molecule is CCCCC(=O)Nc1ccc(-n2nc(OCC(C)C)nc2-c2ccc(Cl)c(Cl)c2)cc1. The number of amides is 1. The smallest absolute Gasteiger partial charge is 0.336 e. The van der Waals surface area contributed by atoms with Crippen LogP contribution in [0.3, 0.4) is 0 Å². The second-order valence-electron chi connectivity index (χ2n) is 7.66. The standard InChI is InChI=1S/C23H26Cl2N4O2/c1-4-5-6-21(30)26-17-8-10-18(11-9-17)29-22(16-7-12-19(24)20(25)13-16)27-23(28-29)31-14-15(2)3/h7-13,15H,4-6,14H2,1-3H3,(H,26,30). The third kappa shape index (κ3) is 6.21. The minimum Gasteiger partial charge on any atom is -0.462 e. The molecule has 1 heterocycles. The first-order chi connectivity index (χ1) is 14.9. The number of ether oxygens (including phenoxy) is 1. The first-order valence-electron chi connectivity index (χ1n) is 10.3. The molecule has 1 aromatic heterocycles. The summed E-state index contributed by atoms with van der Waals surface area (Å²) in [6, 6.07) is 13.0. The van der Waals surface area contributed by atoms with Crippen molar-refractivity contribution >= 4 is 34.8 Å². The van der Waals surface area contributed by atoms with Crippen molar-refractivity contribution in [1.82, 2.24) is 14.8 Å². The summed E-state index contributed by atoms with van der Waals surface area (Å²) in [5, 5.41) is 8.35. The van der Waals surface area contributed by atoms with Crippen molar-refractivity contribution in [2.45, 2.75) is 40.0 Å². The lowest BCUT2D eigenvalue weighted by molar-refractivity contribution is -0.116. The van der Waals surface area contributed by atoms with Gasteiger partial charge in [0.15, 0.2) is 5.82 Å². The van der Waals surface area contributed by atoms with Gasteiger partial charge in [0.25, 0.3) is 0 Å². The third-order valence-corrected chi connectivity index (χ3v) is 5.20. The van der Waals surface area contributed by atoms with Crippen LogP contribution in [0.1, 0.15) is 40.0 Å². The molecule has 0 atom stereocenters. The number of benzene rings is 2. The van der Waals surface area contributed by atoms with E-state index in [2.05, 4.69) is 36.2 Å². The quantitative estimate of drug-likeness (QED) is 0.400. The molecule has 0 aliphatic carbocycles. The Kier molecular flexibility index (Phi) is 7.93. The number of anilines is 1. The Morgan fingerprint density at radius 2 is 1.87 bits per heavy atom. The summed E-state index contributed by atoms with van der Waals surface area (Å²) in [5.74, 6) is 0.934. The number of unbranched alkanes of at least 4 members (excludes halogenated alkanes) is 1. The van der Waals surface area contributed by atoms with Crippen LogP contribution in [-0.4, -0.2) is 27.3 Å². The molecular formula is C23H26Cl2N4O2. The molecule has 0 aliphatic heterocycles. The number of nitrogens with zero attached hydrogens (tertiary/aromatic N) is 3. The van der Waals surface area contributed by atoms with Crippen LogP contribution in [0.2, 0.25) is 10.0 Å². The number of carbonyl (C=O) groups is 1. The first-order valence-corrected chi connectivity index (χ1v) is 11.1. The topological polar surface area (TPSA) is 69.0 Å². The van der Waals surface area contributed by atoms with E-state index in [0.717, 1.165) is 29.8 Å². The summed E-state index contributed by atoms with van der Waals surface area (Å²) < 4.78 is 7.43. The molecule has 31 heavy (non-hydrogen) atoms. The van der Waals surface area contributed by atoms with E-state index in [4.69, 9.17) is 27.9 Å². The van der Waals surface area contributed by atoms with Crippen LogP contribution in [0.25, 0.3) is 17.1 Å². The number of nitrogens with one attached hydrogen (secondary N) is 1. The van der Waals surface area contributed by atoms with Gasteiger partial charge in [0.1, 0.15) is 0 Å². The van der Waals surface area contributed by atoms with Gasteiger partial charge < -0.3 is 10.1 Å². The predicted molar refractivity (Wildman–Crippen MR) is 125 cm³/mol. The second-order valence-corrected chi connectivity index (χ2v) is 8.48. The highest BCUT2D eigenvalue weighted by atomic mass is 35.5. The van der Waals surface area contributed by atoms with E-state index >= 15 is 0 Å². The van der Waals surface area contributed by atoms with Gasteiger partial charge in [-0.05, 0) is 54.8 Å². The molecule has 3 aromatic rings. The lowest BCUT2D eigenvalue weighted by Gasteiger charge is -2.09. The van der Waals surface area contributed by atoms with E-state index in [1.54, 1.807) is 16.8 Å². The molecule has 0 radical (unpaired) electrons. The van der Waals surface area contributed by atoms with Gasteiger partial charge in [0.2, 0.25) is 5.91 Å². The van der Waals surface area contributed by atoms with Crippen molar-refractivity contribution in [3.63, 3.8) is 0 Å². The largest absolute Gasteiger partial charge is 0.462 e.